The third kappa shape index (κ3) is 3.47. The zero-order chi connectivity index (χ0) is 12.5. The lowest BCUT2D eigenvalue weighted by atomic mass is 9.71. The number of ketones is 1. The van der Waals surface area contributed by atoms with Gasteiger partial charge >= 0.3 is 0 Å². The molecule has 1 heterocycles. The molecule has 17 heavy (non-hydrogen) atoms. The van der Waals surface area contributed by atoms with Crippen molar-refractivity contribution in [3.8, 4) is 0 Å². The van der Waals surface area contributed by atoms with Crippen LogP contribution in [0.5, 0.6) is 0 Å². The van der Waals surface area contributed by atoms with Crippen molar-refractivity contribution in [1.82, 2.24) is 0 Å². The summed E-state index contributed by atoms with van der Waals surface area (Å²) in [6, 6.07) is 0. The molecule has 0 amide bonds. The van der Waals surface area contributed by atoms with E-state index in [1.807, 2.05) is 0 Å². The highest BCUT2D eigenvalue weighted by atomic mass is 32.2. The van der Waals surface area contributed by atoms with Crippen molar-refractivity contribution in [3.05, 3.63) is 0 Å². The number of thioether (sulfide) groups is 1. The average molecular weight is 256 g/mol. The first kappa shape index (κ1) is 13.4. The first-order valence-corrected chi connectivity index (χ1v) is 7.69. The fourth-order valence-electron chi connectivity index (χ4n) is 2.63. The van der Waals surface area contributed by atoms with Crippen LogP contribution in [-0.2, 0) is 9.53 Å². The molecule has 1 aliphatic carbocycles. The SMILES string of the molecule is CC(C)(C)SCC(=O)C1CCOC2(CCC2)C1. The summed E-state index contributed by atoms with van der Waals surface area (Å²) in [5, 5.41) is 0. The summed E-state index contributed by atoms with van der Waals surface area (Å²) >= 11 is 1.77. The number of hydrogen-bond donors (Lipinski definition) is 0. The predicted octanol–water partition coefficient (Wildman–Crippen LogP) is 3.44. The van der Waals surface area contributed by atoms with Gasteiger partial charge < -0.3 is 4.74 Å². The Labute approximate surface area is 109 Å². The van der Waals surface area contributed by atoms with Gasteiger partial charge in [0.1, 0.15) is 5.78 Å². The van der Waals surface area contributed by atoms with Gasteiger partial charge in [0.15, 0.2) is 0 Å². The molecule has 2 nitrogen and oxygen atoms in total. The van der Waals surface area contributed by atoms with Crippen LogP contribution < -0.4 is 0 Å². The van der Waals surface area contributed by atoms with E-state index in [2.05, 4.69) is 20.8 Å². The van der Waals surface area contributed by atoms with Crippen LogP contribution in [0.2, 0.25) is 0 Å². The first-order chi connectivity index (χ1) is 7.90. The minimum absolute atomic E-state index is 0.102. The van der Waals surface area contributed by atoms with E-state index in [0.717, 1.165) is 19.4 Å². The monoisotopic (exact) mass is 256 g/mol. The van der Waals surface area contributed by atoms with Gasteiger partial charge in [-0.25, -0.2) is 0 Å². The van der Waals surface area contributed by atoms with Crippen LogP contribution in [0, 0.1) is 5.92 Å². The highest BCUT2D eigenvalue weighted by Crippen LogP contribution is 2.44. The van der Waals surface area contributed by atoms with Gasteiger partial charge in [0, 0.05) is 17.3 Å². The Hall–Kier alpha value is -0.0200. The molecule has 1 spiro atoms. The Bertz CT molecular complexity index is 289. The van der Waals surface area contributed by atoms with Gasteiger partial charge in [-0.15, -0.1) is 11.8 Å². The van der Waals surface area contributed by atoms with Crippen LogP contribution in [0.15, 0.2) is 0 Å². The van der Waals surface area contributed by atoms with Crippen molar-refractivity contribution in [2.24, 2.45) is 5.92 Å². The second-order valence-corrected chi connectivity index (χ2v) is 8.24. The largest absolute Gasteiger partial charge is 0.375 e. The second-order valence-electron chi connectivity index (χ2n) is 6.44. The van der Waals surface area contributed by atoms with Crippen molar-refractivity contribution < 1.29 is 9.53 Å². The molecule has 98 valence electrons. The van der Waals surface area contributed by atoms with E-state index >= 15 is 0 Å². The number of hydrogen-bond acceptors (Lipinski definition) is 3. The Morgan fingerprint density at radius 1 is 1.41 bits per heavy atom. The van der Waals surface area contributed by atoms with Crippen molar-refractivity contribution >= 4 is 17.5 Å². The van der Waals surface area contributed by atoms with Gasteiger partial charge in [-0.1, -0.05) is 20.8 Å². The minimum atomic E-state index is 0.102. The standard InChI is InChI=1S/C14H24O2S/c1-13(2,3)17-10-12(15)11-5-8-16-14(9-11)6-4-7-14/h11H,4-10H2,1-3H3. The van der Waals surface area contributed by atoms with Crippen molar-refractivity contribution in [3.63, 3.8) is 0 Å². The molecule has 0 bridgehead atoms. The molecule has 1 saturated heterocycles. The van der Waals surface area contributed by atoms with Gasteiger partial charge in [0.2, 0.25) is 0 Å². The molecule has 0 N–H and O–H groups in total. The molecule has 2 fully saturated rings. The number of rotatable bonds is 3. The van der Waals surface area contributed by atoms with E-state index in [1.165, 1.54) is 19.3 Å². The molecule has 0 aromatic carbocycles. The van der Waals surface area contributed by atoms with E-state index in [1.54, 1.807) is 11.8 Å². The lowest BCUT2D eigenvalue weighted by Crippen LogP contribution is -2.47. The second kappa shape index (κ2) is 4.93. The summed E-state index contributed by atoms with van der Waals surface area (Å²) < 4.78 is 6.06. The van der Waals surface area contributed by atoms with E-state index < -0.39 is 0 Å². The fraction of sp³-hybridized carbons (Fsp3) is 0.929. The first-order valence-electron chi connectivity index (χ1n) is 6.71. The summed E-state index contributed by atoms with van der Waals surface area (Å²) in [5.41, 5.74) is 0.102. The molecule has 1 aliphatic heterocycles. The molecule has 1 unspecified atom stereocenters. The minimum Gasteiger partial charge on any atom is -0.375 e. The molecule has 0 aromatic rings. The van der Waals surface area contributed by atoms with Gasteiger partial charge in [-0.05, 0) is 32.1 Å². The molecule has 2 aliphatic rings. The Balaban J connectivity index is 1.83. The molecule has 1 atom stereocenters. The normalized spacial score (nSPS) is 27.8. The average Bonchev–Trinajstić information content (AvgIpc) is 2.23. The van der Waals surface area contributed by atoms with Crippen LogP contribution in [0.1, 0.15) is 52.9 Å². The third-order valence-corrected chi connectivity index (χ3v) is 5.16. The quantitative estimate of drug-likeness (QED) is 0.774. The number of carbonyl (C=O) groups is 1. The number of carbonyl (C=O) groups excluding carboxylic acids is 1. The highest BCUT2D eigenvalue weighted by Gasteiger charge is 2.44. The summed E-state index contributed by atoms with van der Waals surface area (Å²) in [6.45, 7) is 7.30. The summed E-state index contributed by atoms with van der Waals surface area (Å²) in [6.07, 6.45) is 5.53. The summed E-state index contributed by atoms with van der Waals surface area (Å²) in [7, 11) is 0. The maximum Gasteiger partial charge on any atom is 0.146 e. The van der Waals surface area contributed by atoms with E-state index in [0.29, 0.717) is 11.5 Å². The number of ether oxygens (including phenoxy) is 1. The molecular formula is C14H24O2S. The van der Waals surface area contributed by atoms with Crippen LogP contribution in [0.25, 0.3) is 0 Å². The van der Waals surface area contributed by atoms with E-state index in [-0.39, 0.29) is 16.3 Å². The lowest BCUT2D eigenvalue weighted by Gasteiger charge is -2.46. The van der Waals surface area contributed by atoms with Gasteiger partial charge in [0.05, 0.1) is 11.4 Å². The Morgan fingerprint density at radius 2 is 2.12 bits per heavy atom. The molecule has 0 aromatic heterocycles. The number of Topliss-reactive ketones (excluding diaryl/α,β-unsaturated/α-hetero) is 1. The van der Waals surface area contributed by atoms with Gasteiger partial charge in [-0.2, -0.15) is 0 Å². The van der Waals surface area contributed by atoms with Crippen molar-refractivity contribution in [2.45, 2.75) is 63.2 Å². The van der Waals surface area contributed by atoms with Gasteiger partial charge in [0.25, 0.3) is 0 Å². The van der Waals surface area contributed by atoms with Crippen LogP contribution in [0.4, 0.5) is 0 Å². The van der Waals surface area contributed by atoms with Crippen LogP contribution in [0.3, 0.4) is 0 Å². The molecule has 2 rings (SSSR count). The Kier molecular flexibility index (Phi) is 3.89. The van der Waals surface area contributed by atoms with E-state index in [9.17, 15) is 4.79 Å². The molecule has 0 radical (unpaired) electrons. The molecular weight excluding hydrogens is 232 g/mol. The molecule has 3 heteroatoms. The smallest absolute Gasteiger partial charge is 0.146 e. The highest BCUT2D eigenvalue weighted by molar-refractivity contribution is 8.01. The fourth-order valence-corrected chi connectivity index (χ4v) is 3.44. The third-order valence-electron chi connectivity index (χ3n) is 3.86. The van der Waals surface area contributed by atoms with Crippen molar-refractivity contribution in [1.29, 1.82) is 0 Å². The maximum atomic E-state index is 12.2. The zero-order valence-electron chi connectivity index (χ0n) is 11.3. The topological polar surface area (TPSA) is 26.3 Å². The Morgan fingerprint density at radius 3 is 2.65 bits per heavy atom. The van der Waals surface area contributed by atoms with E-state index in [4.69, 9.17) is 4.74 Å². The summed E-state index contributed by atoms with van der Waals surface area (Å²) in [5.74, 6) is 1.38. The maximum absolute atomic E-state index is 12.2. The zero-order valence-corrected chi connectivity index (χ0v) is 12.1. The summed E-state index contributed by atoms with van der Waals surface area (Å²) in [4.78, 5) is 12.2. The molecule has 1 saturated carbocycles. The predicted molar refractivity (Wildman–Crippen MR) is 72.5 cm³/mol. The lowest BCUT2D eigenvalue weighted by molar-refractivity contribution is -0.154. The van der Waals surface area contributed by atoms with Crippen LogP contribution in [-0.4, -0.2) is 28.5 Å². The van der Waals surface area contributed by atoms with Crippen molar-refractivity contribution in [2.75, 3.05) is 12.4 Å². The van der Waals surface area contributed by atoms with Crippen LogP contribution >= 0.6 is 11.8 Å². The van der Waals surface area contributed by atoms with Gasteiger partial charge in [-0.3, -0.25) is 4.79 Å².